The van der Waals surface area contributed by atoms with Gasteiger partial charge in [0.1, 0.15) is 36.7 Å². The number of allylic oxidation sites excluding steroid dienone is 8. The summed E-state index contributed by atoms with van der Waals surface area (Å²) in [4.78, 5) is 78.6. The topological polar surface area (TPSA) is 246 Å². The fraction of sp³-hybridized carbons (Fsp3) is 0.742. The molecule has 16 nitrogen and oxygen atoms in total. The number of carbonyl (C=O) groups excluding carboxylic acids is 6. The number of carbonyl (C=O) groups is 6. The van der Waals surface area contributed by atoms with Gasteiger partial charge in [-0.05, 0) is 175 Å². The summed E-state index contributed by atoms with van der Waals surface area (Å²) in [5.74, 6) is -6.26. The van der Waals surface area contributed by atoms with Gasteiger partial charge >= 0.3 is 24.2 Å². The Morgan fingerprint density at radius 1 is 0.585 bits per heavy atom. The van der Waals surface area contributed by atoms with E-state index in [-0.39, 0.29) is 73.7 Å². The molecule has 0 spiro atoms. The second-order valence-corrected chi connectivity index (χ2v) is 27.3. The fourth-order valence-corrected chi connectivity index (χ4v) is 20.1. The van der Waals surface area contributed by atoms with Crippen LogP contribution in [-0.4, -0.2) is 119 Å². The lowest BCUT2D eigenvalue weighted by atomic mass is 9.44. The molecule has 0 unspecified atom stereocenters. The maximum Gasteiger partial charge on any atom is 0.509 e. The molecule has 0 aliphatic heterocycles. The first kappa shape index (κ1) is 58.2. The Morgan fingerprint density at radius 2 is 0.963 bits per heavy atom. The van der Waals surface area contributed by atoms with E-state index in [1.54, 1.807) is 39.8 Å². The van der Waals surface area contributed by atoms with Crippen LogP contribution in [0.1, 0.15) is 131 Å². The van der Waals surface area contributed by atoms with E-state index in [0.717, 1.165) is 63.5 Å². The van der Waals surface area contributed by atoms with Crippen molar-refractivity contribution in [3.05, 3.63) is 47.6 Å². The fourth-order valence-electron chi connectivity index (χ4n) is 20.1. The molecule has 12 aliphatic carbocycles. The minimum Gasteiger partial charge on any atom is -0.447 e. The number of fused-ring (bicyclic) bond motifs is 14. The van der Waals surface area contributed by atoms with Gasteiger partial charge in [-0.25, -0.2) is 36.7 Å². The quantitative estimate of drug-likeness (QED) is 0.131. The van der Waals surface area contributed by atoms with Crippen LogP contribution < -0.4 is 0 Å². The average Bonchev–Trinajstić information content (AvgIpc) is 1.82. The van der Waals surface area contributed by atoms with E-state index < -0.39 is 153 Å². The molecule has 10 fully saturated rings. The molecule has 0 radical (unpaired) electrons. The standard InChI is InChI=1S/2C31H37F2NO7/c2*1-16-10-20-21-14-23(32)22-13-19(35)6-7-28(22,2)30(21,33)25(36)15-29(20,3)31(16,26(37)39-9-8-34)41-27(38)40-24-12-17-4-5-18(24)11-17/h2*6-7,13,16-18,20-21,23-25,36H,4-5,9-12,14-15H2,1-3H3/t16-,17+,18-,20+,21+,23+,24+,25+,28+,29+,30+,31+;16-,17-,18+,20+,21+,23+,24-,25+,28+,29+,30+,31+/m11/s1. The number of esters is 2. The number of aliphatic hydroxyl groups excluding tert-OH is 2. The van der Waals surface area contributed by atoms with E-state index in [1.807, 2.05) is 0 Å². The summed E-state index contributed by atoms with van der Waals surface area (Å²) in [5, 5.41) is 41.5. The number of nitriles is 2. The maximum atomic E-state index is 17.5. The van der Waals surface area contributed by atoms with Crippen molar-refractivity contribution >= 4 is 35.8 Å². The SMILES string of the molecule is C[C@@H]1C[C@H]2[C@@H]3C[C@H](F)C4=CC(=O)C=C[C@]4(C)[C@@]3(F)[C@@H](O)C[C@]2(C)[C@@]1(OC(=O)O[C@@H]1C[C@@H]2CC[C@H]1C2)C(=O)OCC#N.C[C@@H]1C[C@H]2[C@@H]3C[C@H](F)C4=CC(=O)C=C[C@]4(C)[C@@]3(F)[C@@H](O)C[C@]2(C)[C@@]1(OC(=O)O[C@H]1C[C@H]2CC[C@@H]1C2)C(=O)OCC#N. The number of rotatable bonds is 8. The molecular formula is C62H74F4N2O14. The van der Waals surface area contributed by atoms with Crippen LogP contribution in [0.2, 0.25) is 0 Å². The highest BCUT2D eigenvalue weighted by Gasteiger charge is 2.81. The summed E-state index contributed by atoms with van der Waals surface area (Å²) < 4.78 is 101. The lowest BCUT2D eigenvalue weighted by Gasteiger charge is -2.62. The third kappa shape index (κ3) is 7.96. The Balaban J connectivity index is 0.000000172. The van der Waals surface area contributed by atoms with Crippen LogP contribution >= 0.6 is 0 Å². The molecule has 0 aromatic heterocycles. The smallest absolute Gasteiger partial charge is 0.447 e. The summed E-state index contributed by atoms with van der Waals surface area (Å²) in [6.45, 7) is 8.52. The van der Waals surface area contributed by atoms with Crippen LogP contribution in [0.25, 0.3) is 0 Å². The summed E-state index contributed by atoms with van der Waals surface area (Å²) in [6.07, 6.45) is 4.72. The lowest BCUT2D eigenvalue weighted by molar-refractivity contribution is -0.234. The molecule has 20 heteroatoms. The molecule has 0 heterocycles. The van der Waals surface area contributed by atoms with Gasteiger partial charge in [0.25, 0.3) is 0 Å². The van der Waals surface area contributed by atoms with Crippen LogP contribution in [0.4, 0.5) is 27.2 Å². The van der Waals surface area contributed by atoms with Gasteiger partial charge in [-0.15, -0.1) is 0 Å². The highest BCUT2D eigenvalue weighted by Crippen LogP contribution is 2.74. The Hall–Kier alpha value is -5.60. The zero-order valence-electron chi connectivity index (χ0n) is 47.2. The molecule has 12 aliphatic rings. The largest absolute Gasteiger partial charge is 0.509 e. The van der Waals surface area contributed by atoms with Crippen molar-refractivity contribution in [3.63, 3.8) is 0 Å². The predicted octanol–water partition coefficient (Wildman–Crippen LogP) is 9.40. The third-order valence-corrected chi connectivity index (χ3v) is 23.8. The second-order valence-electron chi connectivity index (χ2n) is 27.3. The summed E-state index contributed by atoms with van der Waals surface area (Å²) >= 11 is 0. The average molecular weight is 1150 g/mol. The van der Waals surface area contributed by atoms with E-state index >= 15 is 17.6 Å². The molecule has 0 aromatic rings. The normalized spacial score (nSPS) is 49.3. The summed E-state index contributed by atoms with van der Waals surface area (Å²) in [6, 6.07) is 3.52. The Kier molecular flexibility index (Phi) is 14.2. The van der Waals surface area contributed by atoms with Gasteiger partial charge in [-0.1, -0.05) is 39.8 Å². The first-order chi connectivity index (χ1) is 38.6. The molecular weight excluding hydrogens is 1070 g/mol. The van der Waals surface area contributed by atoms with E-state index in [4.69, 9.17) is 38.9 Å². The Labute approximate surface area is 474 Å². The van der Waals surface area contributed by atoms with E-state index in [1.165, 1.54) is 38.2 Å². The summed E-state index contributed by atoms with van der Waals surface area (Å²) in [5.41, 5.74) is -14.6. The first-order valence-corrected chi connectivity index (χ1v) is 29.4. The predicted molar refractivity (Wildman–Crippen MR) is 279 cm³/mol. The van der Waals surface area contributed by atoms with Crippen LogP contribution in [0.3, 0.4) is 0 Å². The molecule has 4 bridgehead atoms. The van der Waals surface area contributed by atoms with Crippen LogP contribution in [0.15, 0.2) is 47.6 Å². The minimum atomic E-state index is -2.35. The van der Waals surface area contributed by atoms with Crippen LogP contribution in [0.5, 0.6) is 0 Å². The van der Waals surface area contributed by atoms with Crippen molar-refractivity contribution in [1.29, 1.82) is 10.5 Å². The zero-order chi connectivity index (χ0) is 59.1. The molecule has 10 saturated carbocycles. The maximum absolute atomic E-state index is 17.5. The van der Waals surface area contributed by atoms with Gasteiger partial charge in [-0.2, -0.15) is 10.5 Å². The number of ether oxygens (including phenoxy) is 6. The number of hydrogen-bond donors (Lipinski definition) is 2. The van der Waals surface area contributed by atoms with E-state index in [9.17, 15) is 39.0 Å². The molecule has 444 valence electrons. The number of aliphatic hydroxyl groups is 2. The van der Waals surface area contributed by atoms with E-state index in [2.05, 4.69) is 0 Å². The van der Waals surface area contributed by atoms with Gasteiger partial charge < -0.3 is 38.6 Å². The van der Waals surface area contributed by atoms with Crippen molar-refractivity contribution in [1.82, 2.24) is 0 Å². The molecule has 2 N–H and O–H groups in total. The molecule has 24 atom stereocenters. The molecule has 0 amide bonds. The molecule has 82 heavy (non-hydrogen) atoms. The van der Waals surface area contributed by atoms with Crippen molar-refractivity contribution in [2.45, 2.75) is 191 Å². The molecule has 0 saturated heterocycles. The number of alkyl halides is 4. The number of ketones is 2. The highest BCUT2D eigenvalue weighted by molar-refractivity contribution is 6.02. The van der Waals surface area contributed by atoms with E-state index in [0.29, 0.717) is 11.8 Å². The second kappa shape index (κ2) is 20.0. The van der Waals surface area contributed by atoms with Gasteiger partial charge in [-0.3, -0.25) is 9.59 Å². The van der Waals surface area contributed by atoms with Crippen molar-refractivity contribution in [2.24, 2.45) is 80.8 Å². The van der Waals surface area contributed by atoms with Crippen LogP contribution in [-0.2, 0) is 47.6 Å². The van der Waals surface area contributed by atoms with Crippen molar-refractivity contribution in [2.75, 3.05) is 13.2 Å². The molecule has 12 rings (SSSR count). The van der Waals surface area contributed by atoms with Gasteiger partial charge in [0, 0.05) is 45.3 Å². The van der Waals surface area contributed by atoms with Crippen molar-refractivity contribution < 1.29 is 85.0 Å². The first-order valence-electron chi connectivity index (χ1n) is 29.4. The monoisotopic (exact) mass is 1150 g/mol. The zero-order valence-corrected chi connectivity index (χ0v) is 47.2. The number of nitrogens with zero attached hydrogens (tertiary/aromatic N) is 2. The number of hydrogen-bond acceptors (Lipinski definition) is 16. The van der Waals surface area contributed by atoms with Crippen molar-refractivity contribution in [3.8, 4) is 12.1 Å². The Bertz CT molecular complexity index is 2750. The lowest BCUT2D eigenvalue weighted by Crippen LogP contribution is -2.71. The molecule has 0 aromatic carbocycles. The third-order valence-electron chi connectivity index (χ3n) is 23.8. The Morgan fingerprint density at radius 3 is 1.29 bits per heavy atom. The van der Waals surface area contributed by atoms with Gasteiger partial charge in [0.05, 0.1) is 12.2 Å². The van der Waals surface area contributed by atoms with Gasteiger partial charge in [0.2, 0.25) is 11.2 Å². The highest BCUT2D eigenvalue weighted by atomic mass is 19.2. The van der Waals surface area contributed by atoms with Gasteiger partial charge in [0.15, 0.2) is 36.1 Å². The summed E-state index contributed by atoms with van der Waals surface area (Å²) in [7, 11) is 0. The minimum absolute atomic E-state index is 0.00262. The van der Waals surface area contributed by atoms with Crippen LogP contribution in [0, 0.1) is 104 Å². The number of halogens is 4.